The van der Waals surface area contributed by atoms with Crippen LogP contribution in [0, 0.1) is 0 Å². The summed E-state index contributed by atoms with van der Waals surface area (Å²) in [5, 5.41) is 4.11. The van der Waals surface area contributed by atoms with Crippen molar-refractivity contribution in [3.8, 4) is 28.7 Å². The summed E-state index contributed by atoms with van der Waals surface area (Å²) in [6, 6.07) is 17.7. The fraction of sp³-hybridized carbons (Fsp3) is 0.190. The Labute approximate surface area is 161 Å². The van der Waals surface area contributed by atoms with E-state index < -0.39 is 0 Å². The number of benzene rings is 2. The average Bonchev–Trinajstić information content (AvgIpc) is 3.41. The lowest BCUT2D eigenvalue weighted by atomic mass is 10.1. The molecular weight excluding hydrogens is 356 g/mol. The third-order valence-electron chi connectivity index (χ3n) is 4.88. The van der Waals surface area contributed by atoms with E-state index in [1.54, 1.807) is 13.4 Å². The van der Waals surface area contributed by atoms with Crippen LogP contribution in [0.25, 0.3) is 23.0 Å². The van der Waals surface area contributed by atoms with Crippen LogP contribution in [0.4, 0.5) is 0 Å². The average molecular weight is 374 g/mol. The monoisotopic (exact) mass is 374 g/mol. The van der Waals surface area contributed by atoms with Gasteiger partial charge in [0.1, 0.15) is 11.9 Å². The quantitative estimate of drug-likeness (QED) is 0.540. The Balaban J connectivity index is 1.44. The number of hydrogen-bond acceptors (Lipinski definition) is 6. The minimum atomic E-state index is 0.00239. The van der Waals surface area contributed by atoms with Crippen molar-refractivity contribution in [1.82, 2.24) is 19.7 Å². The molecule has 5 rings (SSSR count). The standard InChI is InChI=1S/C21H18N4O3/c1-26-17-10-6-5-9-15(17)20-23-21(28-24-20)19-16-12-27-18(11-25(16)13-22-19)14-7-3-2-4-8-14/h2-10,13,18H,11-12H2,1H3/t18-/m0/s1. The van der Waals surface area contributed by atoms with Crippen LogP contribution in [-0.2, 0) is 17.9 Å². The van der Waals surface area contributed by atoms with E-state index in [0.717, 1.165) is 16.8 Å². The number of hydrogen-bond donors (Lipinski definition) is 0. The summed E-state index contributed by atoms with van der Waals surface area (Å²) >= 11 is 0. The van der Waals surface area contributed by atoms with Crippen LogP contribution in [0.3, 0.4) is 0 Å². The van der Waals surface area contributed by atoms with E-state index >= 15 is 0 Å². The van der Waals surface area contributed by atoms with Crippen LogP contribution < -0.4 is 4.74 Å². The van der Waals surface area contributed by atoms with Gasteiger partial charge in [-0.25, -0.2) is 4.98 Å². The lowest BCUT2D eigenvalue weighted by Crippen LogP contribution is -2.20. The Bertz CT molecular complexity index is 1100. The number of para-hydroxylation sites is 1. The number of methoxy groups -OCH3 is 1. The molecule has 0 bridgehead atoms. The highest BCUT2D eigenvalue weighted by Gasteiger charge is 2.26. The predicted molar refractivity (Wildman–Crippen MR) is 101 cm³/mol. The summed E-state index contributed by atoms with van der Waals surface area (Å²) in [6.45, 7) is 1.13. The van der Waals surface area contributed by atoms with Gasteiger partial charge in [0, 0.05) is 0 Å². The fourth-order valence-corrected chi connectivity index (χ4v) is 3.43. The molecule has 7 nitrogen and oxygen atoms in total. The first-order valence-corrected chi connectivity index (χ1v) is 9.01. The predicted octanol–water partition coefficient (Wildman–Crippen LogP) is 3.88. The van der Waals surface area contributed by atoms with E-state index in [9.17, 15) is 0 Å². The van der Waals surface area contributed by atoms with Crippen LogP contribution in [0.2, 0.25) is 0 Å². The molecule has 0 amide bonds. The molecule has 7 heteroatoms. The largest absolute Gasteiger partial charge is 0.496 e. The van der Waals surface area contributed by atoms with Crippen LogP contribution in [0.15, 0.2) is 65.4 Å². The molecule has 0 N–H and O–H groups in total. The maximum Gasteiger partial charge on any atom is 0.278 e. The molecule has 1 aliphatic rings. The van der Waals surface area contributed by atoms with Crippen LogP contribution in [0.5, 0.6) is 5.75 Å². The summed E-state index contributed by atoms with van der Waals surface area (Å²) in [5.41, 5.74) is 3.51. The van der Waals surface area contributed by atoms with Gasteiger partial charge in [0.15, 0.2) is 5.69 Å². The Morgan fingerprint density at radius 2 is 1.89 bits per heavy atom. The summed E-state index contributed by atoms with van der Waals surface area (Å²) in [4.78, 5) is 9.03. The van der Waals surface area contributed by atoms with E-state index in [4.69, 9.17) is 14.0 Å². The maximum atomic E-state index is 6.07. The molecule has 0 unspecified atom stereocenters. The molecule has 2 aromatic carbocycles. The minimum Gasteiger partial charge on any atom is -0.496 e. The molecule has 140 valence electrons. The zero-order chi connectivity index (χ0) is 18.9. The number of imidazole rings is 1. The van der Waals surface area contributed by atoms with Gasteiger partial charge in [-0.15, -0.1) is 0 Å². The Hall–Kier alpha value is -3.45. The molecule has 0 saturated carbocycles. The smallest absolute Gasteiger partial charge is 0.278 e. The SMILES string of the molecule is COc1ccccc1-c1noc(-c2ncn3c2CO[C@H](c2ccccc2)C3)n1. The van der Waals surface area contributed by atoms with Crippen molar-refractivity contribution in [2.75, 3.05) is 7.11 Å². The highest BCUT2D eigenvalue weighted by Crippen LogP contribution is 2.33. The molecule has 0 radical (unpaired) electrons. The normalized spacial score (nSPS) is 16.0. The Morgan fingerprint density at radius 3 is 2.75 bits per heavy atom. The van der Waals surface area contributed by atoms with Crippen molar-refractivity contribution in [1.29, 1.82) is 0 Å². The molecule has 0 aliphatic carbocycles. The molecule has 0 fully saturated rings. The second-order valence-corrected chi connectivity index (χ2v) is 6.53. The van der Waals surface area contributed by atoms with Gasteiger partial charge in [-0.2, -0.15) is 4.98 Å². The lowest BCUT2D eigenvalue weighted by Gasteiger charge is -2.25. The zero-order valence-corrected chi connectivity index (χ0v) is 15.3. The van der Waals surface area contributed by atoms with E-state index in [1.807, 2.05) is 42.5 Å². The number of rotatable bonds is 4. The van der Waals surface area contributed by atoms with Crippen LogP contribution in [-0.4, -0.2) is 26.8 Å². The summed E-state index contributed by atoms with van der Waals surface area (Å²) in [6.07, 6.45) is 1.80. The van der Waals surface area contributed by atoms with Crippen molar-refractivity contribution in [3.63, 3.8) is 0 Å². The van der Waals surface area contributed by atoms with Gasteiger partial charge in [0.05, 0.1) is 37.8 Å². The van der Waals surface area contributed by atoms with Crippen LogP contribution in [0.1, 0.15) is 17.4 Å². The van der Waals surface area contributed by atoms with Crippen molar-refractivity contribution in [3.05, 3.63) is 72.2 Å². The molecule has 0 saturated heterocycles. The topological polar surface area (TPSA) is 75.2 Å². The van der Waals surface area contributed by atoms with Crippen LogP contribution >= 0.6 is 0 Å². The lowest BCUT2D eigenvalue weighted by molar-refractivity contribution is 0.00330. The molecule has 1 aliphatic heterocycles. The Kier molecular flexibility index (Phi) is 4.14. The minimum absolute atomic E-state index is 0.00239. The number of fused-ring (bicyclic) bond motifs is 1. The van der Waals surface area contributed by atoms with Gasteiger partial charge in [0.2, 0.25) is 5.82 Å². The first-order chi connectivity index (χ1) is 13.8. The zero-order valence-electron chi connectivity index (χ0n) is 15.3. The van der Waals surface area contributed by atoms with E-state index in [1.165, 1.54) is 0 Å². The van der Waals surface area contributed by atoms with Crippen molar-refractivity contribution in [2.45, 2.75) is 19.3 Å². The second-order valence-electron chi connectivity index (χ2n) is 6.53. The third-order valence-corrected chi connectivity index (χ3v) is 4.88. The molecule has 3 heterocycles. The molecule has 0 spiro atoms. The van der Waals surface area contributed by atoms with Crippen molar-refractivity contribution < 1.29 is 14.0 Å². The first-order valence-electron chi connectivity index (χ1n) is 9.01. The molecule has 2 aromatic heterocycles. The van der Waals surface area contributed by atoms with Gasteiger partial charge < -0.3 is 18.6 Å². The van der Waals surface area contributed by atoms with Crippen molar-refractivity contribution >= 4 is 0 Å². The highest BCUT2D eigenvalue weighted by atomic mass is 16.5. The second kappa shape index (κ2) is 6.94. The van der Waals surface area contributed by atoms with Gasteiger partial charge in [-0.05, 0) is 17.7 Å². The fourth-order valence-electron chi connectivity index (χ4n) is 3.43. The van der Waals surface area contributed by atoms with E-state index in [-0.39, 0.29) is 6.10 Å². The third kappa shape index (κ3) is 2.86. The molecule has 1 atom stereocenters. The maximum absolute atomic E-state index is 6.07. The van der Waals surface area contributed by atoms with E-state index in [0.29, 0.717) is 36.3 Å². The first kappa shape index (κ1) is 16.7. The number of aromatic nitrogens is 4. The van der Waals surface area contributed by atoms with Gasteiger partial charge in [-0.3, -0.25) is 0 Å². The van der Waals surface area contributed by atoms with Crippen molar-refractivity contribution in [2.24, 2.45) is 0 Å². The number of ether oxygens (including phenoxy) is 2. The number of nitrogens with zero attached hydrogens (tertiary/aromatic N) is 4. The molecule has 4 aromatic rings. The van der Waals surface area contributed by atoms with Gasteiger partial charge >= 0.3 is 0 Å². The van der Waals surface area contributed by atoms with Gasteiger partial charge in [-0.1, -0.05) is 47.6 Å². The Morgan fingerprint density at radius 1 is 1.07 bits per heavy atom. The summed E-state index contributed by atoms with van der Waals surface area (Å²) in [5.74, 6) is 1.53. The molecular formula is C21H18N4O3. The summed E-state index contributed by atoms with van der Waals surface area (Å²) < 4.78 is 19.0. The van der Waals surface area contributed by atoms with E-state index in [2.05, 4.69) is 31.8 Å². The highest BCUT2D eigenvalue weighted by molar-refractivity contribution is 5.65. The van der Waals surface area contributed by atoms with Gasteiger partial charge in [0.25, 0.3) is 5.89 Å². The molecule has 28 heavy (non-hydrogen) atoms. The summed E-state index contributed by atoms with van der Waals surface area (Å²) in [7, 11) is 1.62.